The molecule has 2 heterocycles. The van der Waals surface area contributed by atoms with Crippen LogP contribution in [-0.2, 0) is 11.3 Å². The van der Waals surface area contributed by atoms with Crippen LogP contribution in [-0.4, -0.2) is 37.8 Å². The van der Waals surface area contributed by atoms with Crippen LogP contribution in [0, 0.1) is 18.3 Å². The van der Waals surface area contributed by atoms with Crippen LogP contribution in [0.4, 0.5) is 16.4 Å². The van der Waals surface area contributed by atoms with Gasteiger partial charge >= 0.3 is 6.09 Å². The first kappa shape index (κ1) is 25.4. The van der Waals surface area contributed by atoms with Crippen LogP contribution in [0.15, 0.2) is 29.3 Å². The molecule has 0 bridgehead atoms. The molecule has 1 aromatic carbocycles. The summed E-state index contributed by atoms with van der Waals surface area (Å²) in [6.07, 6.45) is 1.22. The number of hydrogen-bond acceptors (Lipinski definition) is 9. The third kappa shape index (κ3) is 6.03. The molecule has 0 aliphatic carbocycles. The van der Waals surface area contributed by atoms with Crippen LogP contribution in [0.25, 0.3) is 10.9 Å². The summed E-state index contributed by atoms with van der Waals surface area (Å²) in [4.78, 5) is 38.2. The molecule has 0 aliphatic rings. The zero-order valence-electron chi connectivity index (χ0n) is 20.5. The maximum Gasteiger partial charge on any atom is 0.407 e. The van der Waals surface area contributed by atoms with Gasteiger partial charge in [0.1, 0.15) is 41.0 Å². The van der Waals surface area contributed by atoms with E-state index in [9.17, 15) is 14.9 Å². The van der Waals surface area contributed by atoms with Gasteiger partial charge in [-0.25, -0.2) is 19.7 Å². The molecule has 11 heteroatoms. The molecule has 1 atom stereocenters. The Kier molecular flexibility index (Phi) is 7.54. The number of amides is 1. The summed E-state index contributed by atoms with van der Waals surface area (Å²) in [6.45, 7) is 9.68. The minimum absolute atomic E-state index is 0.0601. The molecule has 0 unspecified atom stereocenters. The van der Waals surface area contributed by atoms with Crippen LogP contribution in [0.2, 0.25) is 0 Å². The first-order valence-corrected chi connectivity index (χ1v) is 11.3. The summed E-state index contributed by atoms with van der Waals surface area (Å²) in [7, 11) is 0. The van der Waals surface area contributed by atoms with Crippen molar-refractivity contribution in [2.24, 2.45) is 0 Å². The van der Waals surface area contributed by atoms with Crippen molar-refractivity contribution in [3.8, 4) is 6.07 Å². The largest absolute Gasteiger partial charge is 0.444 e. The van der Waals surface area contributed by atoms with E-state index in [1.54, 1.807) is 31.4 Å². The minimum Gasteiger partial charge on any atom is -0.444 e. The first-order valence-electron chi connectivity index (χ1n) is 11.3. The van der Waals surface area contributed by atoms with E-state index in [-0.39, 0.29) is 22.8 Å². The van der Waals surface area contributed by atoms with E-state index in [4.69, 9.17) is 15.5 Å². The molecule has 4 N–H and O–H groups in total. The van der Waals surface area contributed by atoms with Gasteiger partial charge in [0.2, 0.25) is 0 Å². The van der Waals surface area contributed by atoms with Gasteiger partial charge in [-0.1, -0.05) is 12.1 Å². The lowest BCUT2D eigenvalue weighted by Gasteiger charge is -2.21. The molecule has 1 amide bonds. The predicted molar refractivity (Wildman–Crippen MR) is 133 cm³/mol. The van der Waals surface area contributed by atoms with Crippen molar-refractivity contribution in [1.82, 2.24) is 24.8 Å². The average molecular weight is 479 g/mol. The molecule has 0 saturated carbocycles. The van der Waals surface area contributed by atoms with Crippen molar-refractivity contribution in [1.29, 1.82) is 5.26 Å². The predicted octanol–water partition coefficient (Wildman–Crippen LogP) is 3.04. The summed E-state index contributed by atoms with van der Waals surface area (Å²) < 4.78 is 6.84. The van der Waals surface area contributed by atoms with Gasteiger partial charge in [0.25, 0.3) is 5.56 Å². The van der Waals surface area contributed by atoms with Gasteiger partial charge in [-0.2, -0.15) is 5.26 Å². The standard InChI is InChI=1S/C24H30N8O3/c1-14-8-6-9-17-18(14)22(33)32(11-7-10-27-23(34)35-24(3,4)5)21(31-17)15(2)30-20-16(12-25)19(26)28-13-29-20/h6,8-9,13,15H,7,10-11H2,1-5H3,(H,27,34)(H3,26,28,29,30)/t15-/m0/s1. The highest BCUT2D eigenvalue weighted by Crippen LogP contribution is 2.23. The monoisotopic (exact) mass is 478 g/mol. The Balaban J connectivity index is 1.91. The van der Waals surface area contributed by atoms with Crippen molar-refractivity contribution in [3.63, 3.8) is 0 Å². The zero-order valence-corrected chi connectivity index (χ0v) is 20.5. The number of carbonyl (C=O) groups is 1. The Bertz CT molecular complexity index is 1340. The Labute approximate surface area is 203 Å². The number of nitriles is 1. The third-order valence-electron chi connectivity index (χ3n) is 5.18. The highest BCUT2D eigenvalue weighted by Gasteiger charge is 2.20. The number of fused-ring (bicyclic) bond motifs is 1. The van der Waals surface area contributed by atoms with E-state index in [2.05, 4.69) is 20.6 Å². The number of alkyl carbamates (subject to hydrolysis) is 1. The van der Waals surface area contributed by atoms with Gasteiger partial charge in [0, 0.05) is 13.1 Å². The fraction of sp³-hybridized carbons (Fsp3) is 0.417. The number of aromatic nitrogens is 4. The Hall–Kier alpha value is -4.20. The molecular weight excluding hydrogens is 448 g/mol. The molecule has 11 nitrogen and oxygen atoms in total. The number of aryl methyl sites for hydroxylation is 1. The lowest BCUT2D eigenvalue weighted by atomic mass is 10.1. The number of nitrogens with one attached hydrogen (secondary N) is 2. The van der Waals surface area contributed by atoms with Crippen molar-refractivity contribution >= 4 is 28.6 Å². The zero-order chi connectivity index (χ0) is 25.8. The van der Waals surface area contributed by atoms with Crippen LogP contribution >= 0.6 is 0 Å². The van der Waals surface area contributed by atoms with Gasteiger partial charge in [-0.3, -0.25) is 9.36 Å². The highest BCUT2D eigenvalue weighted by atomic mass is 16.6. The number of rotatable bonds is 7. The third-order valence-corrected chi connectivity index (χ3v) is 5.18. The molecule has 0 saturated heterocycles. The fourth-order valence-corrected chi connectivity index (χ4v) is 3.62. The number of nitrogens with two attached hydrogens (primary N) is 1. The van der Waals surface area contributed by atoms with Gasteiger partial charge in [0.05, 0.1) is 16.9 Å². The summed E-state index contributed by atoms with van der Waals surface area (Å²) in [5.74, 6) is 0.778. The number of hydrogen-bond donors (Lipinski definition) is 3. The summed E-state index contributed by atoms with van der Waals surface area (Å²) in [6, 6.07) is 7.01. The summed E-state index contributed by atoms with van der Waals surface area (Å²) >= 11 is 0. The van der Waals surface area contributed by atoms with E-state index in [1.807, 2.05) is 32.0 Å². The molecule has 2 aromatic heterocycles. The number of carbonyl (C=O) groups excluding carboxylic acids is 1. The first-order chi connectivity index (χ1) is 16.5. The van der Waals surface area contributed by atoms with Crippen molar-refractivity contribution < 1.29 is 9.53 Å². The van der Waals surface area contributed by atoms with Gasteiger partial charge < -0.3 is 21.1 Å². The molecular formula is C24H30N8O3. The highest BCUT2D eigenvalue weighted by molar-refractivity contribution is 5.81. The van der Waals surface area contributed by atoms with Gasteiger partial charge in [0.15, 0.2) is 0 Å². The SMILES string of the molecule is Cc1cccc2nc([C@H](C)Nc3ncnc(N)c3C#N)n(CCCNC(=O)OC(C)(C)C)c(=O)c12. The Morgan fingerprint density at radius 1 is 1.31 bits per heavy atom. The molecule has 0 spiro atoms. The lowest BCUT2D eigenvalue weighted by Crippen LogP contribution is -2.34. The van der Waals surface area contributed by atoms with Crippen LogP contribution < -0.4 is 21.9 Å². The van der Waals surface area contributed by atoms with Crippen LogP contribution in [0.3, 0.4) is 0 Å². The second-order valence-electron chi connectivity index (χ2n) is 9.14. The Morgan fingerprint density at radius 3 is 2.74 bits per heavy atom. The molecule has 0 aliphatic heterocycles. The molecule has 3 aromatic rings. The van der Waals surface area contributed by atoms with Gasteiger partial charge in [-0.15, -0.1) is 0 Å². The average Bonchev–Trinajstić information content (AvgIpc) is 2.76. The van der Waals surface area contributed by atoms with Crippen molar-refractivity contribution in [2.75, 3.05) is 17.6 Å². The van der Waals surface area contributed by atoms with E-state index in [0.717, 1.165) is 5.56 Å². The molecule has 35 heavy (non-hydrogen) atoms. The van der Waals surface area contributed by atoms with E-state index >= 15 is 0 Å². The topological polar surface area (TPSA) is 161 Å². The van der Waals surface area contributed by atoms with E-state index in [0.29, 0.717) is 36.2 Å². The molecule has 184 valence electrons. The second-order valence-corrected chi connectivity index (χ2v) is 9.14. The number of nitrogens with zero attached hydrogens (tertiary/aromatic N) is 5. The molecule has 0 fully saturated rings. The van der Waals surface area contributed by atoms with Crippen LogP contribution in [0.5, 0.6) is 0 Å². The van der Waals surface area contributed by atoms with Crippen LogP contribution in [0.1, 0.15) is 57.1 Å². The summed E-state index contributed by atoms with van der Waals surface area (Å²) in [5.41, 5.74) is 6.54. The fourth-order valence-electron chi connectivity index (χ4n) is 3.62. The summed E-state index contributed by atoms with van der Waals surface area (Å²) in [5, 5.41) is 15.8. The van der Waals surface area contributed by atoms with Crippen molar-refractivity contribution in [3.05, 3.63) is 51.8 Å². The van der Waals surface area contributed by atoms with E-state index in [1.165, 1.54) is 6.33 Å². The lowest BCUT2D eigenvalue weighted by molar-refractivity contribution is 0.0526. The smallest absolute Gasteiger partial charge is 0.407 e. The molecule has 3 rings (SSSR count). The minimum atomic E-state index is -0.595. The second kappa shape index (κ2) is 10.4. The van der Waals surface area contributed by atoms with E-state index < -0.39 is 17.7 Å². The van der Waals surface area contributed by atoms with Crippen molar-refractivity contribution in [2.45, 2.75) is 59.2 Å². The number of nitrogen functional groups attached to an aromatic ring is 1. The number of benzene rings is 1. The normalized spacial score (nSPS) is 12.1. The maximum absolute atomic E-state index is 13.5. The quantitative estimate of drug-likeness (QED) is 0.433. The Morgan fingerprint density at radius 2 is 2.06 bits per heavy atom. The molecule has 0 radical (unpaired) electrons. The van der Waals surface area contributed by atoms with Gasteiger partial charge in [-0.05, 0) is 52.7 Å². The number of ether oxygens (including phenoxy) is 1. The maximum atomic E-state index is 13.5. The number of anilines is 2.